The Labute approximate surface area is 141 Å². The Bertz CT molecular complexity index is 719. The van der Waals surface area contributed by atoms with Gasteiger partial charge in [0.25, 0.3) is 0 Å². The van der Waals surface area contributed by atoms with Crippen LogP contribution in [0.2, 0.25) is 5.02 Å². The highest BCUT2D eigenvalue weighted by Gasteiger charge is 2.29. The summed E-state index contributed by atoms with van der Waals surface area (Å²) in [5, 5.41) is 9.28. The van der Waals surface area contributed by atoms with Crippen molar-refractivity contribution in [2.75, 3.05) is 18.5 Å². The van der Waals surface area contributed by atoms with Crippen LogP contribution in [0.15, 0.2) is 18.2 Å². The van der Waals surface area contributed by atoms with Gasteiger partial charge in [-0.1, -0.05) is 17.7 Å². The summed E-state index contributed by atoms with van der Waals surface area (Å²) in [6.07, 6.45) is 5.78. The SMILES string of the molecule is Cc1ccc(Cl)cc1-n1nc(C2CCCO2)c2c1NCCCC2. The topological polar surface area (TPSA) is 39.1 Å². The van der Waals surface area contributed by atoms with Crippen LogP contribution in [0.1, 0.15) is 48.6 Å². The molecule has 2 aliphatic heterocycles. The van der Waals surface area contributed by atoms with E-state index >= 15 is 0 Å². The minimum absolute atomic E-state index is 0.143. The first-order valence-corrected chi connectivity index (χ1v) is 8.85. The Balaban J connectivity index is 1.87. The standard InChI is InChI=1S/C18H22ClN3O/c1-12-7-8-13(19)11-15(12)22-18-14(5-2-3-9-20-18)17(21-22)16-6-4-10-23-16/h7-8,11,16,20H,2-6,9-10H2,1H3. The summed E-state index contributed by atoms with van der Waals surface area (Å²) in [6, 6.07) is 5.97. The molecular formula is C18H22ClN3O. The number of rotatable bonds is 2. The number of fused-ring (bicyclic) bond motifs is 1. The second-order valence-corrected chi connectivity index (χ2v) is 6.88. The van der Waals surface area contributed by atoms with Crippen molar-refractivity contribution in [2.45, 2.75) is 45.1 Å². The Morgan fingerprint density at radius 1 is 1.30 bits per heavy atom. The quantitative estimate of drug-likeness (QED) is 0.884. The predicted molar refractivity (Wildman–Crippen MR) is 92.7 cm³/mol. The molecule has 122 valence electrons. The van der Waals surface area contributed by atoms with Crippen molar-refractivity contribution < 1.29 is 4.74 Å². The largest absolute Gasteiger partial charge is 0.372 e. The van der Waals surface area contributed by atoms with E-state index < -0.39 is 0 Å². The molecule has 1 atom stereocenters. The van der Waals surface area contributed by atoms with Gasteiger partial charge >= 0.3 is 0 Å². The van der Waals surface area contributed by atoms with Gasteiger partial charge in [-0.2, -0.15) is 5.10 Å². The molecular weight excluding hydrogens is 310 g/mol. The van der Waals surface area contributed by atoms with E-state index in [0.717, 1.165) is 54.6 Å². The molecule has 1 unspecified atom stereocenters. The third-order valence-corrected chi connectivity index (χ3v) is 5.03. The molecule has 0 bridgehead atoms. The molecule has 1 fully saturated rings. The van der Waals surface area contributed by atoms with E-state index in [4.69, 9.17) is 21.4 Å². The summed E-state index contributed by atoms with van der Waals surface area (Å²) < 4.78 is 7.96. The molecule has 4 nitrogen and oxygen atoms in total. The maximum atomic E-state index is 6.23. The lowest BCUT2D eigenvalue weighted by Crippen LogP contribution is -2.08. The zero-order valence-corrected chi connectivity index (χ0v) is 14.2. The number of aromatic nitrogens is 2. The van der Waals surface area contributed by atoms with Crippen LogP contribution >= 0.6 is 11.6 Å². The van der Waals surface area contributed by atoms with Crippen LogP contribution in [0, 0.1) is 6.92 Å². The molecule has 0 amide bonds. The maximum Gasteiger partial charge on any atom is 0.133 e. The number of hydrogen-bond donors (Lipinski definition) is 1. The summed E-state index contributed by atoms with van der Waals surface area (Å²) in [7, 11) is 0. The zero-order chi connectivity index (χ0) is 15.8. The van der Waals surface area contributed by atoms with Gasteiger partial charge in [0.1, 0.15) is 11.9 Å². The molecule has 1 aromatic carbocycles. The summed E-state index contributed by atoms with van der Waals surface area (Å²) in [5.41, 5.74) is 4.66. The van der Waals surface area contributed by atoms with E-state index in [-0.39, 0.29) is 6.10 Å². The normalized spacial score (nSPS) is 20.9. The molecule has 23 heavy (non-hydrogen) atoms. The molecule has 1 saturated heterocycles. The molecule has 0 radical (unpaired) electrons. The highest BCUT2D eigenvalue weighted by Crippen LogP contribution is 2.37. The molecule has 5 heteroatoms. The summed E-state index contributed by atoms with van der Waals surface area (Å²) in [4.78, 5) is 0. The van der Waals surface area contributed by atoms with Gasteiger partial charge in [-0.3, -0.25) is 0 Å². The molecule has 2 aromatic rings. The van der Waals surface area contributed by atoms with Gasteiger partial charge in [0.15, 0.2) is 0 Å². The number of ether oxygens (including phenoxy) is 1. The Kier molecular flexibility index (Phi) is 4.04. The van der Waals surface area contributed by atoms with E-state index in [1.54, 1.807) is 0 Å². The minimum atomic E-state index is 0.143. The lowest BCUT2D eigenvalue weighted by molar-refractivity contribution is 0.107. The van der Waals surface area contributed by atoms with Gasteiger partial charge < -0.3 is 10.1 Å². The van der Waals surface area contributed by atoms with Crippen LogP contribution in [0.5, 0.6) is 0 Å². The first-order chi connectivity index (χ1) is 11.2. The fourth-order valence-electron chi connectivity index (χ4n) is 3.57. The maximum absolute atomic E-state index is 6.23. The fourth-order valence-corrected chi connectivity index (χ4v) is 3.73. The van der Waals surface area contributed by atoms with Crippen molar-refractivity contribution in [2.24, 2.45) is 0 Å². The number of nitrogens with zero attached hydrogens (tertiary/aromatic N) is 2. The Morgan fingerprint density at radius 2 is 2.22 bits per heavy atom. The van der Waals surface area contributed by atoms with Crippen LogP contribution < -0.4 is 5.32 Å². The minimum Gasteiger partial charge on any atom is -0.372 e. The van der Waals surface area contributed by atoms with Crippen molar-refractivity contribution in [3.05, 3.63) is 40.0 Å². The highest BCUT2D eigenvalue weighted by atomic mass is 35.5. The summed E-state index contributed by atoms with van der Waals surface area (Å²) in [6.45, 7) is 3.93. The molecule has 0 aliphatic carbocycles. The number of hydrogen-bond acceptors (Lipinski definition) is 3. The molecule has 3 heterocycles. The first kappa shape index (κ1) is 15.0. The average Bonchev–Trinajstić information content (AvgIpc) is 3.12. The van der Waals surface area contributed by atoms with Gasteiger partial charge in [0, 0.05) is 23.7 Å². The van der Waals surface area contributed by atoms with E-state index in [0.29, 0.717) is 0 Å². The summed E-state index contributed by atoms with van der Waals surface area (Å²) >= 11 is 6.23. The molecule has 2 aliphatic rings. The summed E-state index contributed by atoms with van der Waals surface area (Å²) in [5.74, 6) is 1.12. The Hall–Kier alpha value is -1.52. The number of halogens is 1. The van der Waals surface area contributed by atoms with Gasteiger partial charge in [0.2, 0.25) is 0 Å². The zero-order valence-electron chi connectivity index (χ0n) is 13.4. The predicted octanol–water partition coefficient (Wildman–Crippen LogP) is 4.43. The van der Waals surface area contributed by atoms with Crippen LogP contribution in [0.4, 0.5) is 5.82 Å². The van der Waals surface area contributed by atoms with E-state index in [2.05, 4.69) is 12.2 Å². The molecule has 0 saturated carbocycles. The number of anilines is 1. The van der Waals surface area contributed by atoms with E-state index in [1.165, 1.54) is 24.0 Å². The van der Waals surface area contributed by atoms with Crippen LogP contribution in [-0.2, 0) is 11.2 Å². The monoisotopic (exact) mass is 331 g/mol. The van der Waals surface area contributed by atoms with E-state index in [1.807, 2.05) is 22.9 Å². The van der Waals surface area contributed by atoms with Crippen LogP contribution in [0.3, 0.4) is 0 Å². The van der Waals surface area contributed by atoms with Crippen molar-refractivity contribution >= 4 is 17.4 Å². The second-order valence-electron chi connectivity index (χ2n) is 6.44. The third kappa shape index (κ3) is 2.74. The number of nitrogens with one attached hydrogen (secondary N) is 1. The van der Waals surface area contributed by atoms with Gasteiger partial charge in [-0.15, -0.1) is 0 Å². The smallest absolute Gasteiger partial charge is 0.133 e. The lowest BCUT2D eigenvalue weighted by Gasteiger charge is -2.12. The lowest BCUT2D eigenvalue weighted by atomic mass is 10.0. The highest BCUT2D eigenvalue weighted by molar-refractivity contribution is 6.30. The second kappa shape index (κ2) is 6.17. The van der Waals surface area contributed by atoms with Gasteiger partial charge in [-0.05, 0) is 56.7 Å². The fraction of sp³-hybridized carbons (Fsp3) is 0.500. The van der Waals surface area contributed by atoms with Crippen LogP contribution in [-0.4, -0.2) is 22.9 Å². The molecule has 1 aromatic heterocycles. The molecule has 0 spiro atoms. The number of benzene rings is 1. The van der Waals surface area contributed by atoms with Crippen molar-refractivity contribution in [1.82, 2.24) is 9.78 Å². The third-order valence-electron chi connectivity index (χ3n) is 4.79. The van der Waals surface area contributed by atoms with E-state index in [9.17, 15) is 0 Å². The first-order valence-electron chi connectivity index (χ1n) is 8.48. The molecule has 4 rings (SSSR count). The van der Waals surface area contributed by atoms with Crippen LogP contribution in [0.25, 0.3) is 5.69 Å². The van der Waals surface area contributed by atoms with Gasteiger partial charge in [0.05, 0.1) is 11.4 Å². The Morgan fingerprint density at radius 3 is 3.04 bits per heavy atom. The van der Waals surface area contributed by atoms with Crippen molar-refractivity contribution in [1.29, 1.82) is 0 Å². The van der Waals surface area contributed by atoms with Crippen molar-refractivity contribution in [3.8, 4) is 5.69 Å². The van der Waals surface area contributed by atoms with Crippen molar-refractivity contribution in [3.63, 3.8) is 0 Å². The number of aryl methyl sites for hydroxylation is 1. The average molecular weight is 332 g/mol. The molecule has 1 N–H and O–H groups in total. The van der Waals surface area contributed by atoms with Gasteiger partial charge in [-0.25, -0.2) is 4.68 Å².